The van der Waals surface area contributed by atoms with E-state index in [1.807, 2.05) is 29.9 Å². The number of anilines is 2. The Labute approximate surface area is 163 Å². The van der Waals surface area contributed by atoms with Crippen LogP contribution in [0.3, 0.4) is 0 Å². The normalized spacial score (nSPS) is 10.6. The summed E-state index contributed by atoms with van der Waals surface area (Å²) in [7, 11) is 1.88. The van der Waals surface area contributed by atoms with Crippen molar-refractivity contribution < 1.29 is 4.79 Å². The topological polar surface area (TPSA) is 85.8 Å². The van der Waals surface area contributed by atoms with Crippen LogP contribution in [0, 0.1) is 0 Å². The molecule has 0 aliphatic heterocycles. The van der Waals surface area contributed by atoms with Crippen molar-refractivity contribution in [1.82, 2.24) is 14.5 Å². The number of benzene rings is 1. The number of imidazole rings is 1. The van der Waals surface area contributed by atoms with E-state index >= 15 is 0 Å². The number of halogens is 2. The van der Waals surface area contributed by atoms with E-state index in [2.05, 4.69) is 37.8 Å². The first-order chi connectivity index (χ1) is 12.3. The predicted molar refractivity (Wildman–Crippen MR) is 107 cm³/mol. The van der Waals surface area contributed by atoms with Crippen molar-refractivity contribution in [2.24, 2.45) is 12.8 Å². The highest BCUT2D eigenvalue weighted by Gasteiger charge is 2.13. The van der Waals surface area contributed by atoms with Gasteiger partial charge in [-0.25, -0.2) is 9.97 Å². The van der Waals surface area contributed by atoms with Gasteiger partial charge in [-0.05, 0) is 33.6 Å². The average Bonchev–Trinajstić information content (AvgIpc) is 3.04. The fraction of sp³-hybridized carbons (Fsp3) is 0.0556. The zero-order valence-electron chi connectivity index (χ0n) is 13.8. The van der Waals surface area contributed by atoms with E-state index in [4.69, 9.17) is 17.3 Å². The summed E-state index contributed by atoms with van der Waals surface area (Å²) in [6.45, 7) is 3.74. The summed E-state index contributed by atoms with van der Waals surface area (Å²) < 4.78 is 2.55. The molecule has 0 spiro atoms. The highest BCUT2D eigenvalue weighted by atomic mass is 79.9. The molecule has 2 aromatic heterocycles. The number of nitrogens with one attached hydrogen (secondary N) is 1. The van der Waals surface area contributed by atoms with E-state index in [1.54, 1.807) is 24.7 Å². The quantitative estimate of drug-likeness (QED) is 0.593. The van der Waals surface area contributed by atoms with Gasteiger partial charge in [0.2, 0.25) is 5.91 Å². The van der Waals surface area contributed by atoms with Gasteiger partial charge in [0.15, 0.2) is 0 Å². The first kappa shape index (κ1) is 18.2. The minimum Gasteiger partial charge on any atom is -0.366 e. The highest BCUT2D eigenvalue weighted by Crippen LogP contribution is 2.33. The Morgan fingerprint density at radius 1 is 1.35 bits per heavy atom. The maximum atomic E-state index is 11.5. The average molecular weight is 433 g/mol. The molecule has 26 heavy (non-hydrogen) atoms. The largest absolute Gasteiger partial charge is 0.366 e. The molecule has 0 saturated heterocycles. The third-order valence-electron chi connectivity index (χ3n) is 3.72. The number of hydrogen-bond acceptors (Lipinski definition) is 4. The molecule has 0 aliphatic rings. The fourth-order valence-corrected chi connectivity index (χ4v) is 2.74. The summed E-state index contributed by atoms with van der Waals surface area (Å²) in [6, 6.07) is 7.12. The Hall–Kier alpha value is -2.64. The summed E-state index contributed by atoms with van der Waals surface area (Å²) in [5.41, 5.74) is 8.49. The molecule has 6 nitrogen and oxygen atoms in total. The molecule has 0 atom stereocenters. The van der Waals surface area contributed by atoms with Crippen LogP contribution in [0.5, 0.6) is 0 Å². The number of primary amides is 1. The second-order valence-corrected chi connectivity index (χ2v) is 6.90. The van der Waals surface area contributed by atoms with Gasteiger partial charge in [0, 0.05) is 42.3 Å². The zero-order valence-corrected chi connectivity index (χ0v) is 16.2. The van der Waals surface area contributed by atoms with E-state index in [9.17, 15) is 4.79 Å². The monoisotopic (exact) mass is 431 g/mol. The van der Waals surface area contributed by atoms with E-state index in [-0.39, 0.29) is 5.57 Å². The molecule has 0 bridgehead atoms. The maximum Gasteiger partial charge on any atom is 0.248 e. The van der Waals surface area contributed by atoms with E-state index in [1.165, 1.54) is 0 Å². The van der Waals surface area contributed by atoms with Crippen molar-refractivity contribution in [3.05, 3.63) is 64.6 Å². The van der Waals surface area contributed by atoms with Crippen LogP contribution in [-0.4, -0.2) is 20.4 Å². The third kappa shape index (κ3) is 3.79. The predicted octanol–water partition coefficient (Wildman–Crippen LogP) is 4.14. The summed E-state index contributed by atoms with van der Waals surface area (Å²) in [6.07, 6.45) is 5.19. The van der Waals surface area contributed by atoms with E-state index < -0.39 is 5.91 Å². The molecule has 3 N–H and O–H groups in total. The second-order valence-electron chi connectivity index (χ2n) is 5.64. The van der Waals surface area contributed by atoms with Crippen molar-refractivity contribution in [3.8, 4) is 11.3 Å². The van der Waals surface area contributed by atoms with Crippen LogP contribution in [0.1, 0.15) is 5.56 Å². The van der Waals surface area contributed by atoms with Crippen molar-refractivity contribution in [3.63, 3.8) is 0 Å². The Morgan fingerprint density at radius 2 is 2.12 bits per heavy atom. The molecule has 0 fully saturated rings. The molecular formula is C18H15BrClN5O. The first-order valence-corrected chi connectivity index (χ1v) is 8.72. The van der Waals surface area contributed by atoms with Gasteiger partial charge >= 0.3 is 0 Å². The summed E-state index contributed by atoms with van der Waals surface area (Å²) >= 11 is 9.46. The van der Waals surface area contributed by atoms with Gasteiger partial charge in [0.05, 0.1) is 21.5 Å². The number of amides is 1. The number of aryl methyl sites for hydroxylation is 1. The van der Waals surface area contributed by atoms with E-state index in [0.29, 0.717) is 20.9 Å². The number of aromatic nitrogens is 3. The van der Waals surface area contributed by atoms with Crippen molar-refractivity contribution in [2.45, 2.75) is 0 Å². The minimum atomic E-state index is -0.570. The summed E-state index contributed by atoms with van der Waals surface area (Å²) in [5, 5.41) is 3.77. The van der Waals surface area contributed by atoms with Crippen LogP contribution >= 0.6 is 27.5 Å². The Morgan fingerprint density at radius 3 is 2.73 bits per heavy atom. The molecule has 3 rings (SSSR count). The van der Waals surface area contributed by atoms with Gasteiger partial charge in [-0.3, -0.25) is 4.79 Å². The first-order valence-electron chi connectivity index (χ1n) is 7.54. The molecule has 0 radical (unpaired) electrons. The number of hydrogen-bond donors (Lipinski definition) is 2. The molecule has 0 saturated carbocycles. The van der Waals surface area contributed by atoms with Gasteiger partial charge in [-0.1, -0.05) is 24.2 Å². The Kier molecular flexibility index (Phi) is 5.11. The standard InChI is InChI=1S/C18H15BrClN5O/c1-10(18(21)26)11-3-4-15(12(5-11)16-8-25(2)9-23-16)24-17-6-14(20)13(19)7-22-17/h3-9H,1H2,2H3,(H2,21,26)(H,22,24). The van der Waals surface area contributed by atoms with Crippen molar-refractivity contribution in [1.29, 1.82) is 0 Å². The number of nitrogens with two attached hydrogens (primary N) is 1. The molecule has 1 amide bonds. The van der Waals surface area contributed by atoms with Crippen LogP contribution in [0.4, 0.5) is 11.5 Å². The number of rotatable bonds is 5. The van der Waals surface area contributed by atoms with Gasteiger partial charge in [-0.15, -0.1) is 0 Å². The zero-order chi connectivity index (χ0) is 18.8. The molecule has 3 aromatic rings. The van der Waals surface area contributed by atoms with Crippen LogP contribution < -0.4 is 11.1 Å². The lowest BCUT2D eigenvalue weighted by atomic mass is 10.0. The minimum absolute atomic E-state index is 0.235. The Bertz CT molecular complexity index is 1010. The summed E-state index contributed by atoms with van der Waals surface area (Å²) in [4.78, 5) is 20.1. The van der Waals surface area contributed by atoms with Crippen molar-refractivity contribution >= 4 is 50.5 Å². The SMILES string of the molecule is C=C(C(N)=O)c1ccc(Nc2cc(Cl)c(Br)cn2)c(-c2cn(C)cn2)c1. The number of carbonyl (C=O) groups is 1. The maximum absolute atomic E-state index is 11.5. The number of pyridine rings is 1. The molecule has 0 unspecified atom stereocenters. The lowest BCUT2D eigenvalue weighted by Crippen LogP contribution is -2.12. The van der Waals surface area contributed by atoms with Gasteiger partial charge in [0.25, 0.3) is 0 Å². The van der Waals surface area contributed by atoms with Gasteiger partial charge < -0.3 is 15.6 Å². The molecule has 8 heteroatoms. The van der Waals surface area contributed by atoms with Crippen LogP contribution in [0.15, 0.2) is 54.0 Å². The third-order valence-corrected chi connectivity index (χ3v) is 4.89. The van der Waals surface area contributed by atoms with Crippen molar-refractivity contribution in [2.75, 3.05) is 5.32 Å². The molecular weight excluding hydrogens is 418 g/mol. The lowest BCUT2D eigenvalue weighted by Gasteiger charge is -2.13. The van der Waals surface area contributed by atoms with E-state index in [0.717, 1.165) is 16.9 Å². The second kappa shape index (κ2) is 7.31. The van der Waals surface area contributed by atoms with Crippen LogP contribution in [0.25, 0.3) is 16.8 Å². The number of carbonyl (C=O) groups excluding carboxylic acids is 1. The smallest absolute Gasteiger partial charge is 0.248 e. The van der Waals surface area contributed by atoms with Crippen LogP contribution in [-0.2, 0) is 11.8 Å². The van der Waals surface area contributed by atoms with Crippen LogP contribution in [0.2, 0.25) is 5.02 Å². The highest BCUT2D eigenvalue weighted by molar-refractivity contribution is 9.10. The fourth-order valence-electron chi connectivity index (χ4n) is 2.37. The molecule has 132 valence electrons. The molecule has 2 heterocycles. The summed E-state index contributed by atoms with van der Waals surface area (Å²) in [5.74, 6) is 0.0101. The lowest BCUT2D eigenvalue weighted by molar-refractivity contribution is -0.112. The Balaban J connectivity index is 2.07. The van der Waals surface area contributed by atoms with Gasteiger partial charge in [0.1, 0.15) is 5.82 Å². The molecule has 0 aliphatic carbocycles. The molecule has 1 aromatic carbocycles. The number of nitrogens with zero attached hydrogens (tertiary/aromatic N) is 3. The van der Waals surface area contributed by atoms with Gasteiger partial charge in [-0.2, -0.15) is 0 Å².